The van der Waals surface area contributed by atoms with Gasteiger partial charge in [0.05, 0.1) is 5.54 Å². The molecule has 6 heteroatoms. The molecule has 0 unspecified atom stereocenters. The van der Waals surface area contributed by atoms with E-state index < -0.39 is 0 Å². The molecule has 0 aliphatic heterocycles. The van der Waals surface area contributed by atoms with Gasteiger partial charge in [-0.05, 0) is 65.8 Å². The Morgan fingerprint density at radius 1 is 1.08 bits per heavy atom. The average Bonchev–Trinajstić information content (AvgIpc) is 3.01. The van der Waals surface area contributed by atoms with Crippen molar-refractivity contribution in [2.24, 2.45) is 0 Å². The third kappa shape index (κ3) is 5.49. The minimum absolute atomic E-state index is 0.146. The molecule has 0 amide bonds. The topological polar surface area (TPSA) is 46.8 Å². The van der Waals surface area contributed by atoms with E-state index in [2.05, 4.69) is 93.0 Å². The summed E-state index contributed by atoms with van der Waals surface area (Å²) in [4.78, 5) is 4.28. The predicted octanol–water partition coefficient (Wildman–Crippen LogP) is 2.96. The highest BCUT2D eigenvalue weighted by Crippen LogP contribution is 2.15. The fourth-order valence-corrected chi connectivity index (χ4v) is 4.88. The van der Waals surface area contributed by atoms with Gasteiger partial charge >= 0.3 is 20.4 Å². The standard InChI is InChI=1S/C11H13N4.C8H18N.Mg/c1-11(2,3)15-13-10(12-14-15)9-7-5-4-6-8-9;1-6-9(7(2)3)8(4)5;/h4-7H,1-3H3;7-8H,1,6H2,2-5H3;. The van der Waals surface area contributed by atoms with Gasteiger partial charge in [0.25, 0.3) is 0 Å². The van der Waals surface area contributed by atoms with E-state index in [-0.39, 0.29) is 25.9 Å². The van der Waals surface area contributed by atoms with Gasteiger partial charge in [-0.2, -0.15) is 8.49 Å². The van der Waals surface area contributed by atoms with E-state index in [0.29, 0.717) is 12.1 Å². The van der Waals surface area contributed by atoms with Crippen LogP contribution < -0.4 is 3.69 Å². The summed E-state index contributed by atoms with van der Waals surface area (Å²) in [7, 11) is 0. The molecule has 0 fully saturated rings. The number of aromatic nitrogens is 4. The fraction of sp³-hybridized carbons (Fsp3) is 0.632. The van der Waals surface area contributed by atoms with Crippen LogP contribution in [0.15, 0.2) is 24.3 Å². The molecule has 0 saturated carbocycles. The molecule has 0 spiro atoms. The van der Waals surface area contributed by atoms with Gasteiger partial charge in [-0.3, -0.25) is 0 Å². The molecule has 134 valence electrons. The lowest BCUT2D eigenvalue weighted by Crippen LogP contribution is -2.38. The molecule has 5 nitrogen and oxygen atoms in total. The van der Waals surface area contributed by atoms with Gasteiger partial charge in [-0.15, -0.1) is 14.7 Å². The zero-order valence-corrected chi connectivity index (χ0v) is 18.2. The molecule has 1 aromatic carbocycles. The molecule has 25 heavy (non-hydrogen) atoms. The van der Waals surface area contributed by atoms with Crippen LogP contribution in [0, 0.1) is 0 Å². The first-order chi connectivity index (χ1) is 11.7. The summed E-state index contributed by atoms with van der Waals surface area (Å²) in [5, 5.41) is 13.2. The zero-order valence-electron chi connectivity index (χ0n) is 16.8. The maximum atomic E-state index is 4.62. The number of nitrogens with zero attached hydrogens (tertiary/aromatic N) is 5. The van der Waals surface area contributed by atoms with Gasteiger partial charge in [0.2, 0.25) is 5.82 Å². The Bertz CT molecular complexity index is 664. The quantitative estimate of drug-likeness (QED) is 0.718. The molecule has 0 N–H and O–H groups in total. The molecule has 0 saturated heterocycles. The maximum absolute atomic E-state index is 4.62. The number of rotatable bonds is 7. The Morgan fingerprint density at radius 3 is 2.28 bits per heavy atom. The van der Waals surface area contributed by atoms with E-state index >= 15 is 0 Å². The highest BCUT2D eigenvalue weighted by molar-refractivity contribution is 6.55. The van der Waals surface area contributed by atoms with Gasteiger partial charge in [0.15, 0.2) is 0 Å². The first kappa shape index (κ1) is 20.3. The first-order valence-corrected chi connectivity index (χ1v) is 11.1. The van der Waals surface area contributed by atoms with Crippen molar-refractivity contribution in [3.8, 4) is 11.4 Å². The Balaban J connectivity index is 2.12. The molecular weight excluding hydrogens is 323 g/mol. The largest absolute Gasteiger partial charge is 0.411 e. The summed E-state index contributed by atoms with van der Waals surface area (Å²) in [6, 6.07) is 9.77. The van der Waals surface area contributed by atoms with Crippen molar-refractivity contribution in [3.63, 3.8) is 0 Å². The van der Waals surface area contributed by atoms with E-state index in [4.69, 9.17) is 0 Å². The zero-order chi connectivity index (χ0) is 18.6. The predicted molar refractivity (Wildman–Crippen MR) is 105 cm³/mol. The summed E-state index contributed by atoms with van der Waals surface area (Å²) >= 11 is -0.375. The van der Waals surface area contributed by atoms with Crippen LogP contribution in [-0.4, -0.2) is 64.1 Å². The Labute approximate surface area is 161 Å². The van der Waals surface area contributed by atoms with Gasteiger partial charge < -0.3 is 4.90 Å². The van der Waals surface area contributed by atoms with Gasteiger partial charge in [-0.25, -0.2) is 0 Å². The van der Waals surface area contributed by atoms with E-state index in [1.54, 1.807) is 4.80 Å². The highest BCUT2D eigenvalue weighted by atomic mass is 24.5. The maximum Gasteiger partial charge on any atom is 0.411 e. The third-order valence-electron chi connectivity index (χ3n) is 4.46. The lowest BCUT2D eigenvalue weighted by atomic mass is 10.1. The van der Waals surface area contributed by atoms with Crippen molar-refractivity contribution in [2.45, 2.75) is 70.6 Å². The second-order valence-electron chi connectivity index (χ2n) is 8.26. The van der Waals surface area contributed by atoms with Crippen molar-refractivity contribution in [1.29, 1.82) is 0 Å². The lowest BCUT2D eigenvalue weighted by molar-refractivity contribution is 0.185. The molecule has 1 aromatic heterocycles. The molecule has 0 aliphatic rings. The van der Waals surface area contributed by atoms with Crippen LogP contribution in [0.3, 0.4) is 0 Å². The molecule has 0 atom stereocenters. The van der Waals surface area contributed by atoms with Gasteiger partial charge in [0.1, 0.15) is 0 Å². The summed E-state index contributed by atoms with van der Waals surface area (Å²) in [5.41, 5.74) is 1.01. The van der Waals surface area contributed by atoms with Crippen LogP contribution >= 0.6 is 0 Å². The number of tetrazole rings is 1. The summed E-state index contributed by atoms with van der Waals surface area (Å²) in [6.07, 6.45) is 0. The molecule has 0 bridgehead atoms. The minimum Gasteiger partial charge on any atom is -0.301 e. The van der Waals surface area contributed by atoms with Gasteiger partial charge in [-0.1, -0.05) is 24.3 Å². The smallest absolute Gasteiger partial charge is 0.301 e. The van der Waals surface area contributed by atoms with E-state index in [0.717, 1.165) is 17.9 Å². The molecule has 0 aliphatic carbocycles. The van der Waals surface area contributed by atoms with Crippen LogP contribution in [-0.2, 0) is 5.54 Å². The summed E-state index contributed by atoms with van der Waals surface area (Å²) in [5.74, 6) is 0.752. The lowest BCUT2D eigenvalue weighted by Gasteiger charge is -2.30. The van der Waals surface area contributed by atoms with Crippen molar-refractivity contribution >= 4 is 24.1 Å². The second-order valence-corrected chi connectivity index (χ2v) is 10.2. The van der Waals surface area contributed by atoms with Crippen LogP contribution in [0.5, 0.6) is 0 Å². The number of benzene rings is 1. The number of hydrogen-bond donors (Lipinski definition) is 0. The Kier molecular flexibility index (Phi) is 6.99. The van der Waals surface area contributed by atoms with Crippen LogP contribution in [0.2, 0.25) is 4.55 Å². The highest BCUT2D eigenvalue weighted by Gasteiger charge is 2.19. The average molecular weight is 354 g/mol. The monoisotopic (exact) mass is 353 g/mol. The van der Waals surface area contributed by atoms with E-state index in [1.165, 1.54) is 8.24 Å². The SMILES string of the molecule is CC(C)N(C[CH2][Mg][c]1ccccc1-c1nnn(C(C)(C)C)n1)C(C)C. The van der Waals surface area contributed by atoms with Crippen LogP contribution in [0.25, 0.3) is 11.4 Å². The van der Waals surface area contributed by atoms with Crippen LogP contribution in [0.4, 0.5) is 0 Å². The second kappa shape index (κ2) is 8.60. The summed E-state index contributed by atoms with van der Waals surface area (Å²) < 4.78 is 2.70. The first-order valence-electron chi connectivity index (χ1n) is 9.34. The van der Waals surface area contributed by atoms with Crippen molar-refractivity contribution in [1.82, 2.24) is 25.1 Å². The Morgan fingerprint density at radius 2 is 1.72 bits per heavy atom. The molecule has 1 heterocycles. The van der Waals surface area contributed by atoms with Gasteiger partial charge in [0, 0.05) is 12.1 Å². The van der Waals surface area contributed by atoms with Crippen LogP contribution in [0.1, 0.15) is 48.5 Å². The number of hydrogen-bond acceptors (Lipinski definition) is 4. The van der Waals surface area contributed by atoms with Crippen molar-refractivity contribution in [3.05, 3.63) is 24.3 Å². The minimum atomic E-state index is -0.375. The van der Waals surface area contributed by atoms with Crippen molar-refractivity contribution in [2.75, 3.05) is 6.54 Å². The Hall–Kier alpha value is -0.984. The molecule has 2 aromatic rings. The van der Waals surface area contributed by atoms with Crippen molar-refractivity contribution < 1.29 is 0 Å². The normalized spacial score (nSPS) is 12.2. The fourth-order valence-electron chi connectivity index (χ4n) is 3.13. The molecule has 0 radical (unpaired) electrons. The summed E-state index contributed by atoms with van der Waals surface area (Å²) in [6.45, 7) is 16.6. The van der Waals surface area contributed by atoms with E-state index in [1.807, 2.05) is 0 Å². The third-order valence-corrected chi connectivity index (χ3v) is 6.29. The molecular formula is C19H31MgN5. The molecule has 2 rings (SSSR count). The van der Waals surface area contributed by atoms with E-state index in [9.17, 15) is 0 Å².